The molecule has 1 aromatic carbocycles. The highest BCUT2D eigenvalue weighted by atomic mass is 16.2. The Morgan fingerprint density at radius 2 is 1.61 bits per heavy atom. The lowest BCUT2D eigenvalue weighted by atomic mass is 10.1. The van der Waals surface area contributed by atoms with E-state index in [0.717, 1.165) is 15.7 Å². The second-order valence-corrected chi connectivity index (χ2v) is 5.14. The first kappa shape index (κ1) is 14.8. The predicted molar refractivity (Wildman–Crippen MR) is 88.8 cm³/mol. The molecule has 2 aromatic heterocycles. The molecule has 0 atom stereocenters. The summed E-state index contributed by atoms with van der Waals surface area (Å²) in [5, 5.41) is 1.64. The molecule has 0 saturated heterocycles. The van der Waals surface area contributed by atoms with Gasteiger partial charge in [0.1, 0.15) is 0 Å². The molecule has 0 aliphatic carbocycles. The smallest absolute Gasteiger partial charge is 0.231 e. The van der Waals surface area contributed by atoms with Crippen LogP contribution in [0.2, 0.25) is 0 Å². The van der Waals surface area contributed by atoms with E-state index in [1.54, 1.807) is 6.20 Å². The summed E-state index contributed by atoms with van der Waals surface area (Å²) in [4.78, 5) is 33.8. The SMILES string of the molecule is CC(=O)N(C(C)=O)c1nc(-c2ccccn2)cc2ccccc12. The van der Waals surface area contributed by atoms with Crippen molar-refractivity contribution in [2.45, 2.75) is 13.8 Å². The molecule has 2 heterocycles. The van der Waals surface area contributed by atoms with Crippen molar-refractivity contribution >= 4 is 28.4 Å². The summed E-state index contributed by atoms with van der Waals surface area (Å²) in [6, 6.07) is 15.0. The van der Waals surface area contributed by atoms with Gasteiger partial charge in [-0.3, -0.25) is 14.6 Å². The molecule has 2 amide bonds. The van der Waals surface area contributed by atoms with Crippen LogP contribution in [-0.4, -0.2) is 21.8 Å². The summed E-state index contributed by atoms with van der Waals surface area (Å²) < 4.78 is 0. The van der Waals surface area contributed by atoms with Crippen LogP contribution < -0.4 is 4.90 Å². The van der Waals surface area contributed by atoms with Crippen LogP contribution in [-0.2, 0) is 9.59 Å². The van der Waals surface area contributed by atoms with Crippen LogP contribution in [0.25, 0.3) is 22.2 Å². The molecule has 23 heavy (non-hydrogen) atoms. The lowest BCUT2D eigenvalue weighted by molar-refractivity contribution is -0.124. The molecule has 0 unspecified atom stereocenters. The number of carbonyl (C=O) groups is 2. The summed E-state index contributed by atoms with van der Waals surface area (Å²) in [6.07, 6.45) is 1.68. The summed E-state index contributed by atoms with van der Waals surface area (Å²) in [6.45, 7) is 2.70. The number of carbonyl (C=O) groups excluding carboxylic acids is 2. The number of anilines is 1. The summed E-state index contributed by atoms with van der Waals surface area (Å²) in [5.41, 5.74) is 1.30. The zero-order chi connectivity index (χ0) is 16.4. The molecule has 0 aliphatic rings. The van der Waals surface area contributed by atoms with Crippen molar-refractivity contribution in [3.8, 4) is 11.4 Å². The van der Waals surface area contributed by atoms with Crippen LogP contribution in [0.5, 0.6) is 0 Å². The van der Waals surface area contributed by atoms with Gasteiger partial charge < -0.3 is 0 Å². The summed E-state index contributed by atoms with van der Waals surface area (Å²) in [5.74, 6) is -0.398. The van der Waals surface area contributed by atoms with Gasteiger partial charge in [-0.15, -0.1) is 0 Å². The van der Waals surface area contributed by atoms with Gasteiger partial charge in [0.25, 0.3) is 0 Å². The Balaban J connectivity index is 2.31. The molecular weight excluding hydrogens is 290 g/mol. The van der Waals surface area contributed by atoms with Gasteiger partial charge >= 0.3 is 0 Å². The molecule has 0 radical (unpaired) electrons. The highest BCUT2D eigenvalue weighted by Gasteiger charge is 2.21. The molecule has 0 spiro atoms. The topological polar surface area (TPSA) is 63.2 Å². The first-order valence-electron chi connectivity index (χ1n) is 7.20. The zero-order valence-corrected chi connectivity index (χ0v) is 12.9. The fourth-order valence-corrected chi connectivity index (χ4v) is 2.52. The Kier molecular flexibility index (Phi) is 3.85. The molecule has 0 bridgehead atoms. The van der Waals surface area contributed by atoms with Crippen molar-refractivity contribution in [2.24, 2.45) is 0 Å². The number of benzene rings is 1. The molecule has 5 nitrogen and oxygen atoms in total. The highest BCUT2D eigenvalue weighted by molar-refractivity contribution is 6.17. The standard InChI is InChI=1S/C18H15N3O2/c1-12(22)21(13(2)23)18-15-8-4-3-7-14(15)11-17(20-18)16-9-5-6-10-19-16/h3-11H,1-2H3. The maximum absolute atomic E-state index is 11.9. The second-order valence-electron chi connectivity index (χ2n) is 5.14. The average Bonchev–Trinajstić information content (AvgIpc) is 2.55. The molecule has 114 valence electrons. The summed E-state index contributed by atoms with van der Waals surface area (Å²) >= 11 is 0. The number of amides is 2. The van der Waals surface area contributed by atoms with Gasteiger partial charge in [-0.2, -0.15) is 0 Å². The Morgan fingerprint density at radius 3 is 2.26 bits per heavy atom. The fraction of sp³-hybridized carbons (Fsp3) is 0.111. The average molecular weight is 305 g/mol. The zero-order valence-electron chi connectivity index (χ0n) is 12.9. The Bertz CT molecular complexity index is 877. The molecule has 3 rings (SSSR count). The number of hydrogen-bond acceptors (Lipinski definition) is 4. The summed E-state index contributed by atoms with van der Waals surface area (Å²) in [7, 11) is 0. The van der Waals surface area contributed by atoms with Crippen LogP contribution in [0.4, 0.5) is 5.82 Å². The van der Waals surface area contributed by atoms with E-state index >= 15 is 0 Å². The third-order valence-corrected chi connectivity index (χ3v) is 3.49. The second kappa shape index (κ2) is 5.96. The maximum atomic E-state index is 11.9. The number of fused-ring (bicyclic) bond motifs is 1. The van der Waals surface area contributed by atoms with Gasteiger partial charge in [0, 0.05) is 25.4 Å². The minimum Gasteiger partial charge on any atom is -0.274 e. The quantitative estimate of drug-likeness (QED) is 0.729. The number of nitrogens with zero attached hydrogens (tertiary/aromatic N) is 3. The van der Waals surface area contributed by atoms with Crippen molar-refractivity contribution in [1.29, 1.82) is 0 Å². The molecule has 3 aromatic rings. The van der Waals surface area contributed by atoms with E-state index in [-0.39, 0.29) is 11.8 Å². The van der Waals surface area contributed by atoms with E-state index < -0.39 is 0 Å². The normalized spacial score (nSPS) is 10.5. The minimum atomic E-state index is -0.367. The van der Waals surface area contributed by atoms with Gasteiger partial charge in [0.05, 0.1) is 11.4 Å². The Hall–Kier alpha value is -3.08. The Labute approximate surface area is 133 Å². The van der Waals surface area contributed by atoms with Crippen molar-refractivity contribution in [3.05, 3.63) is 54.7 Å². The molecule has 5 heteroatoms. The monoisotopic (exact) mass is 305 g/mol. The van der Waals surface area contributed by atoms with E-state index in [0.29, 0.717) is 17.2 Å². The van der Waals surface area contributed by atoms with E-state index in [9.17, 15) is 9.59 Å². The van der Waals surface area contributed by atoms with Gasteiger partial charge in [0.2, 0.25) is 11.8 Å². The van der Waals surface area contributed by atoms with Crippen LogP contribution in [0.1, 0.15) is 13.8 Å². The third kappa shape index (κ3) is 2.81. The van der Waals surface area contributed by atoms with Crippen molar-refractivity contribution in [2.75, 3.05) is 4.90 Å². The number of imide groups is 1. The first-order valence-corrected chi connectivity index (χ1v) is 7.20. The number of hydrogen-bond donors (Lipinski definition) is 0. The van der Waals surface area contributed by atoms with Gasteiger partial charge in [0.15, 0.2) is 5.82 Å². The number of aromatic nitrogens is 2. The largest absolute Gasteiger partial charge is 0.274 e. The van der Waals surface area contributed by atoms with Crippen LogP contribution in [0, 0.1) is 0 Å². The first-order chi connectivity index (χ1) is 11.1. The Morgan fingerprint density at radius 1 is 0.913 bits per heavy atom. The minimum absolute atomic E-state index is 0.337. The third-order valence-electron chi connectivity index (χ3n) is 3.49. The van der Waals surface area contributed by atoms with Crippen LogP contribution >= 0.6 is 0 Å². The number of rotatable bonds is 2. The van der Waals surface area contributed by atoms with Gasteiger partial charge in [-0.25, -0.2) is 9.88 Å². The molecule has 0 fully saturated rings. The lowest BCUT2D eigenvalue weighted by Gasteiger charge is -2.19. The number of pyridine rings is 2. The van der Waals surface area contributed by atoms with E-state index in [1.807, 2.05) is 48.5 Å². The van der Waals surface area contributed by atoms with Crippen molar-refractivity contribution in [1.82, 2.24) is 9.97 Å². The van der Waals surface area contributed by atoms with Gasteiger partial charge in [-0.1, -0.05) is 30.3 Å². The van der Waals surface area contributed by atoms with Crippen LogP contribution in [0.15, 0.2) is 54.7 Å². The van der Waals surface area contributed by atoms with Crippen molar-refractivity contribution < 1.29 is 9.59 Å². The van der Waals surface area contributed by atoms with Gasteiger partial charge in [-0.05, 0) is 23.6 Å². The van der Waals surface area contributed by atoms with Crippen molar-refractivity contribution in [3.63, 3.8) is 0 Å². The molecular formula is C18H15N3O2. The predicted octanol–water partition coefficient (Wildman–Crippen LogP) is 3.20. The lowest BCUT2D eigenvalue weighted by Crippen LogP contribution is -2.34. The van der Waals surface area contributed by atoms with E-state index in [2.05, 4.69) is 9.97 Å². The highest BCUT2D eigenvalue weighted by Crippen LogP contribution is 2.29. The van der Waals surface area contributed by atoms with E-state index in [1.165, 1.54) is 13.8 Å². The molecule has 0 aliphatic heterocycles. The molecule has 0 N–H and O–H groups in total. The molecule has 0 saturated carbocycles. The van der Waals surface area contributed by atoms with E-state index in [4.69, 9.17) is 0 Å². The fourth-order valence-electron chi connectivity index (χ4n) is 2.52. The van der Waals surface area contributed by atoms with Crippen LogP contribution in [0.3, 0.4) is 0 Å². The maximum Gasteiger partial charge on any atom is 0.231 e.